The number of rotatable bonds is 6. The lowest BCUT2D eigenvalue weighted by Crippen LogP contribution is -2.39. The number of aromatic nitrogens is 2. The van der Waals surface area contributed by atoms with E-state index in [0.717, 1.165) is 34.1 Å². The van der Waals surface area contributed by atoms with Crippen LogP contribution in [0.2, 0.25) is 0 Å². The van der Waals surface area contributed by atoms with Crippen molar-refractivity contribution >= 4 is 23.0 Å². The van der Waals surface area contributed by atoms with Crippen molar-refractivity contribution in [2.24, 2.45) is 17.8 Å². The van der Waals surface area contributed by atoms with Crippen molar-refractivity contribution in [1.82, 2.24) is 15.1 Å². The lowest BCUT2D eigenvalue weighted by molar-refractivity contribution is -0.117. The van der Waals surface area contributed by atoms with Gasteiger partial charge in [0, 0.05) is 29.3 Å². The van der Waals surface area contributed by atoms with Gasteiger partial charge in [-0.05, 0) is 74.3 Å². The second-order valence-electron chi connectivity index (χ2n) is 9.83. The number of hydrogen-bond acceptors (Lipinski definition) is 3. The Hall–Kier alpha value is -3.60. The monoisotopic (exact) mass is 451 g/mol. The van der Waals surface area contributed by atoms with Gasteiger partial charge >= 0.3 is 0 Å². The van der Waals surface area contributed by atoms with E-state index in [-0.39, 0.29) is 11.9 Å². The molecule has 2 aromatic carbocycles. The SMILES string of the molecule is C[C@H](NC(=O)/C=C/c1cn(-c2ccccc2)nc1-c1cc2ccccc2o1)[C@@H]1C[C@H]2CC[C@H]1C2. The van der Waals surface area contributed by atoms with Crippen molar-refractivity contribution in [2.45, 2.75) is 38.6 Å². The van der Waals surface area contributed by atoms with Crippen LogP contribution in [0, 0.1) is 17.8 Å². The topological polar surface area (TPSA) is 60.1 Å². The summed E-state index contributed by atoms with van der Waals surface area (Å²) >= 11 is 0. The summed E-state index contributed by atoms with van der Waals surface area (Å²) in [6.45, 7) is 2.16. The molecule has 34 heavy (non-hydrogen) atoms. The average molecular weight is 452 g/mol. The highest BCUT2D eigenvalue weighted by molar-refractivity contribution is 5.93. The molecule has 2 saturated carbocycles. The summed E-state index contributed by atoms with van der Waals surface area (Å²) in [5, 5.41) is 9.06. The third-order valence-corrected chi connectivity index (χ3v) is 7.64. The summed E-state index contributed by atoms with van der Waals surface area (Å²) in [5.74, 6) is 2.90. The number of hydrogen-bond donors (Lipinski definition) is 1. The molecule has 172 valence electrons. The van der Waals surface area contributed by atoms with Crippen molar-refractivity contribution in [2.75, 3.05) is 0 Å². The molecule has 4 atom stereocenters. The van der Waals surface area contributed by atoms with Gasteiger partial charge in [0.1, 0.15) is 11.3 Å². The fourth-order valence-corrected chi connectivity index (χ4v) is 5.96. The Kier molecular flexibility index (Phi) is 5.33. The number of carbonyl (C=O) groups excluding carboxylic acids is 1. The number of amides is 1. The molecule has 2 fully saturated rings. The van der Waals surface area contributed by atoms with E-state index >= 15 is 0 Å². The first-order valence-electron chi connectivity index (χ1n) is 12.3. The molecule has 5 heteroatoms. The lowest BCUT2D eigenvalue weighted by Gasteiger charge is -2.28. The fourth-order valence-electron chi connectivity index (χ4n) is 5.96. The first-order valence-corrected chi connectivity index (χ1v) is 12.3. The molecule has 0 aliphatic heterocycles. The number of benzene rings is 2. The largest absolute Gasteiger partial charge is 0.454 e. The van der Waals surface area contributed by atoms with Gasteiger partial charge in [-0.15, -0.1) is 0 Å². The van der Waals surface area contributed by atoms with Crippen LogP contribution >= 0.6 is 0 Å². The maximum atomic E-state index is 12.8. The van der Waals surface area contributed by atoms with E-state index in [2.05, 4.69) is 12.2 Å². The predicted octanol–water partition coefficient (Wildman–Crippen LogP) is 6.24. The highest BCUT2D eigenvalue weighted by atomic mass is 16.3. The van der Waals surface area contributed by atoms with Gasteiger partial charge in [0.15, 0.2) is 5.76 Å². The second-order valence-corrected chi connectivity index (χ2v) is 9.83. The maximum Gasteiger partial charge on any atom is 0.244 e. The molecular formula is C29H29N3O2. The van der Waals surface area contributed by atoms with Gasteiger partial charge in [0.05, 0.1) is 5.69 Å². The van der Waals surface area contributed by atoms with E-state index in [1.165, 1.54) is 25.7 Å². The molecule has 1 amide bonds. The standard InChI is InChI=1S/C29H29N3O2/c1-19(25-16-20-11-12-21(25)15-20)30-28(33)14-13-23-18-32(24-8-3-2-4-9-24)31-29(23)27-17-22-7-5-6-10-26(22)34-27/h2-10,13-14,17-21,25H,11-12,15-16H2,1H3,(H,30,33)/b14-13+/t19-,20-,21-,25-/m0/s1. The molecule has 0 saturated heterocycles. The van der Waals surface area contributed by atoms with E-state index < -0.39 is 0 Å². The van der Waals surface area contributed by atoms with Crippen LogP contribution in [0.4, 0.5) is 0 Å². The molecule has 0 unspecified atom stereocenters. The molecular weight excluding hydrogens is 422 g/mol. The molecule has 2 bridgehead atoms. The normalized spacial score (nSPS) is 22.6. The highest BCUT2D eigenvalue weighted by Gasteiger charge is 2.42. The maximum absolute atomic E-state index is 12.8. The minimum absolute atomic E-state index is 0.0571. The van der Waals surface area contributed by atoms with Crippen molar-refractivity contribution in [1.29, 1.82) is 0 Å². The molecule has 2 aliphatic rings. The number of nitrogens with one attached hydrogen (secondary N) is 1. The quantitative estimate of drug-likeness (QED) is 0.353. The van der Waals surface area contributed by atoms with Crippen molar-refractivity contribution < 1.29 is 9.21 Å². The van der Waals surface area contributed by atoms with E-state index in [1.807, 2.05) is 77.6 Å². The summed E-state index contributed by atoms with van der Waals surface area (Å²) in [6, 6.07) is 20.1. The van der Waals surface area contributed by atoms with Crippen molar-refractivity contribution in [3.8, 4) is 17.1 Å². The van der Waals surface area contributed by atoms with E-state index in [9.17, 15) is 4.79 Å². The summed E-state index contributed by atoms with van der Waals surface area (Å²) in [4.78, 5) is 12.8. The van der Waals surface area contributed by atoms with Crippen LogP contribution in [-0.2, 0) is 4.79 Å². The molecule has 4 aromatic rings. The summed E-state index contributed by atoms with van der Waals surface area (Å²) < 4.78 is 7.93. The van der Waals surface area contributed by atoms with Gasteiger partial charge in [-0.2, -0.15) is 5.10 Å². The van der Waals surface area contributed by atoms with Crippen molar-refractivity contribution in [3.05, 3.63) is 78.5 Å². The van der Waals surface area contributed by atoms with Gasteiger partial charge < -0.3 is 9.73 Å². The average Bonchev–Trinajstić information content (AvgIpc) is 3.65. The minimum atomic E-state index is -0.0571. The van der Waals surface area contributed by atoms with Crippen LogP contribution in [-0.4, -0.2) is 21.7 Å². The number of nitrogens with zero attached hydrogens (tertiary/aromatic N) is 2. The smallest absolute Gasteiger partial charge is 0.244 e. The molecule has 6 rings (SSSR count). The first kappa shape index (κ1) is 21.0. The van der Waals surface area contributed by atoms with Crippen LogP contribution in [0.3, 0.4) is 0 Å². The van der Waals surface area contributed by atoms with Gasteiger partial charge in [-0.25, -0.2) is 4.68 Å². The Balaban J connectivity index is 1.27. The van der Waals surface area contributed by atoms with Crippen LogP contribution in [0.15, 0.2) is 77.4 Å². The molecule has 2 aromatic heterocycles. The van der Waals surface area contributed by atoms with Crippen molar-refractivity contribution in [3.63, 3.8) is 0 Å². The van der Waals surface area contributed by atoms with E-state index in [4.69, 9.17) is 9.52 Å². The highest BCUT2D eigenvalue weighted by Crippen LogP contribution is 2.49. The lowest BCUT2D eigenvalue weighted by atomic mass is 9.84. The minimum Gasteiger partial charge on any atom is -0.454 e. The Labute approximate surface area is 199 Å². The zero-order chi connectivity index (χ0) is 23.1. The van der Waals surface area contributed by atoms with Crippen LogP contribution in [0.25, 0.3) is 34.2 Å². The second kappa shape index (κ2) is 8.64. The third kappa shape index (κ3) is 3.96. The number of carbonyl (C=O) groups is 1. The fraction of sp³-hybridized carbons (Fsp3) is 0.310. The van der Waals surface area contributed by atoms with E-state index in [0.29, 0.717) is 17.4 Å². The van der Waals surface area contributed by atoms with Crippen LogP contribution < -0.4 is 5.32 Å². The van der Waals surface area contributed by atoms with Gasteiger partial charge in [-0.3, -0.25) is 4.79 Å². The zero-order valence-electron chi connectivity index (χ0n) is 19.4. The predicted molar refractivity (Wildman–Crippen MR) is 134 cm³/mol. The molecule has 2 aliphatic carbocycles. The van der Waals surface area contributed by atoms with Gasteiger partial charge in [-0.1, -0.05) is 42.8 Å². The summed E-state index contributed by atoms with van der Waals surface area (Å²) in [6.07, 6.45) is 10.7. The molecule has 5 nitrogen and oxygen atoms in total. The van der Waals surface area contributed by atoms with E-state index in [1.54, 1.807) is 6.08 Å². The van der Waals surface area contributed by atoms with Crippen LogP contribution in [0.5, 0.6) is 0 Å². The molecule has 0 spiro atoms. The number of furan rings is 1. The molecule has 0 radical (unpaired) electrons. The Morgan fingerprint density at radius 2 is 1.94 bits per heavy atom. The summed E-state index contributed by atoms with van der Waals surface area (Å²) in [5.41, 5.74) is 3.32. The Morgan fingerprint density at radius 3 is 2.71 bits per heavy atom. The number of fused-ring (bicyclic) bond motifs is 3. The van der Waals surface area contributed by atoms with Crippen LogP contribution in [0.1, 0.15) is 38.2 Å². The third-order valence-electron chi connectivity index (χ3n) is 7.64. The van der Waals surface area contributed by atoms with Gasteiger partial charge in [0.2, 0.25) is 5.91 Å². The summed E-state index contributed by atoms with van der Waals surface area (Å²) in [7, 11) is 0. The number of para-hydroxylation sites is 2. The Bertz CT molecular complexity index is 1320. The zero-order valence-corrected chi connectivity index (χ0v) is 19.4. The van der Waals surface area contributed by atoms with Gasteiger partial charge in [0.25, 0.3) is 0 Å². The Morgan fingerprint density at radius 1 is 1.12 bits per heavy atom. The molecule has 2 heterocycles. The molecule has 1 N–H and O–H groups in total. The first-order chi connectivity index (χ1) is 16.6.